The zero-order valence-corrected chi connectivity index (χ0v) is 19.4. The van der Waals surface area contributed by atoms with E-state index in [0.717, 1.165) is 17.5 Å². The van der Waals surface area contributed by atoms with Gasteiger partial charge in [0.2, 0.25) is 0 Å². The number of hydrogen-bond acceptors (Lipinski definition) is 4. The number of halogens is 3. The second-order valence-electron chi connectivity index (χ2n) is 8.91. The van der Waals surface area contributed by atoms with Crippen LogP contribution in [0.2, 0.25) is 0 Å². The van der Waals surface area contributed by atoms with E-state index in [1.807, 2.05) is 36.7 Å². The SMILES string of the molecule is Cc1[nH]ncc1-c1cc2c(c(C(F)(F)F)c1)CN(c1cccc([C@H](C)Cc3nncn3C)c1)C2=O. The van der Waals surface area contributed by atoms with E-state index >= 15 is 0 Å². The van der Waals surface area contributed by atoms with Crippen LogP contribution in [0.4, 0.5) is 18.9 Å². The third-order valence-corrected chi connectivity index (χ3v) is 6.53. The summed E-state index contributed by atoms with van der Waals surface area (Å²) in [6.45, 7) is 3.62. The summed E-state index contributed by atoms with van der Waals surface area (Å²) < 4.78 is 44.0. The number of H-pyrrole nitrogens is 1. The predicted octanol–water partition coefficient (Wildman–Crippen LogP) is 5.04. The predicted molar refractivity (Wildman–Crippen MR) is 124 cm³/mol. The van der Waals surface area contributed by atoms with Gasteiger partial charge in [-0.15, -0.1) is 10.2 Å². The minimum absolute atomic E-state index is 0.00932. The van der Waals surface area contributed by atoms with Gasteiger partial charge in [-0.05, 0) is 53.8 Å². The van der Waals surface area contributed by atoms with Crippen LogP contribution in [0.5, 0.6) is 0 Å². The van der Waals surface area contributed by atoms with Crippen molar-refractivity contribution in [2.75, 3.05) is 4.90 Å². The molecular formula is C25H23F3N6O. The first kappa shape index (κ1) is 22.8. The fourth-order valence-electron chi connectivity index (χ4n) is 4.55. The summed E-state index contributed by atoms with van der Waals surface area (Å²) in [7, 11) is 1.87. The lowest BCUT2D eigenvalue weighted by molar-refractivity contribution is -0.138. The van der Waals surface area contributed by atoms with E-state index in [0.29, 0.717) is 28.9 Å². The quantitative estimate of drug-likeness (QED) is 0.434. The third kappa shape index (κ3) is 4.09. The number of nitrogens with one attached hydrogen (secondary N) is 1. The van der Waals surface area contributed by atoms with Gasteiger partial charge < -0.3 is 9.47 Å². The highest BCUT2D eigenvalue weighted by Crippen LogP contribution is 2.42. The van der Waals surface area contributed by atoms with Crippen molar-refractivity contribution in [3.8, 4) is 11.1 Å². The highest BCUT2D eigenvalue weighted by atomic mass is 19.4. The molecule has 1 N–H and O–H groups in total. The Bertz CT molecular complexity index is 1420. The molecule has 2 aromatic heterocycles. The number of anilines is 1. The first-order valence-corrected chi connectivity index (χ1v) is 11.1. The van der Waals surface area contributed by atoms with E-state index in [1.54, 1.807) is 19.3 Å². The average molecular weight is 480 g/mol. The first-order valence-electron chi connectivity index (χ1n) is 11.1. The maximum Gasteiger partial charge on any atom is 0.416 e. The molecule has 0 fully saturated rings. The number of alkyl halides is 3. The van der Waals surface area contributed by atoms with Crippen LogP contribution in [-0.2, 0) is 26.2 Å². The minimum Gasteiger partial charge on any atom is -0.321 e. The Labute approximate surface area is 199 Å². The number of aromatic amines is 1. The monoisotopic (exact) mass is 480 g/mol. The molecule has 2 aromatic carbocycles. The smallest absolute Gasteiger partial charge is 0.321 e. The molecule has 10 heteroatoms. The highest BCUT2D eigenvalue weighted by Gasteiger charge is 2.40. The lowest BCUT2D eigenvalue weighted by atomic mass is 9.95. The van der Waals surface area contributed by atoms with Gasteiger partial charge in [-0.1, -0.05) is 19.1 Å². The summed E-state index contributed by atoms with van der Waals surface area (Å²) in [6.07, 6.45) is -0.854. The number of hydrogen-bond donors (Lipinski definition) is 1. The Morgan fingerprint density at radius 3 is 2.63 bits per heavy atom. The first-order chi connectivity index (χ1) is 16.6. The van der Waals surface area contributed by atoms with Crippen LogP contribution < -0.4 is 4.90 Å². The van der Waals surface area contributed by atoms with Crippen molar-refractivity contribution >= 4 is 11.6 Å². The van der Waals surface area contributed by atoms with Crippen molar-refractivity contribution in [3.63, 3.8) is 0 Å². The van der Waals surface area contributed by atoms with Crippen LogP contribution in [0.25, 0.3) is 11.1 Å². The van der Waals surface area contributed by atoms with Crippen molar-refractivity contribution in [3.05, 3.63) is 82.7 Å². The van der Waals surface area contributed by atoms with Gasteiger partial charge in [0.15, 0.2) is 0 Å². The van der Waals surface area contributed by atoms with Crippen LogP contribution in [0, 0.1) is 6.92 Å². The lowest BCUT2D eigenvalue weighted by Gasteiger charge is -2.19. The summed E-state index contributed by atoms with van der Waals surface area (Å²) in [6, 6.07) is 10.0. The third-order valence-electron chi connectivity index (χ3n) is 6.53. The summed E-state index contributed by atoms with van der Waals surface area (Å²) in [5.41, 5.74) is 2.24. The number of aromatic nitrogens is 5. The van der Waals surface area contributed by atoms with Gasteiger partial charge in [0.25, 0.3) is 5.91 Å². The molecule has 1 amide bonds. The molecule has 7 nitrogen and oxygen atoms in total. The Kier molecular flexibility index (Phi) is 5.46. The number of rotatable bonds is 5. The molecule has 0 unspecified atom stereocenters. The van der Waals surface area contributed by atoms with Gasteiger partial charge in [-0.3, -0.25) is 9.89 Å². The largest absolute Gasteiger partial charge is 0.416 e. The van der Waals surface area contributed by atoms with Crippen molar-refractivity contribution in [1.82, 2.24) is 25.0 Å². The fraction of sp³-hybridized carbons (Fsp3) is 0.280. The molecule has 0 saturated heterocycles. The maximum atomic E-state index is 14.0. The van der Waals surface area contributed by atoms with Gasteiger partial charge in [-0.25, -0.2) is 0 Å². The molecule has 0 radical (unpaired) electrons. The van der Waals surface area contributed by atoms with E-state index < -0.39 is 17.6 Å². The number of carbonyl (C=O) groups excluding carboxylic acids is 1. The molecule has 0 aliphatic carbocycles. The van der Waals surface area contributed by atoms with Gasteiger partial charge in [-0.2, -0.15) is 18.3 Å². The number of amides is 1. The van der Waals surface area contributed by atoms with Gasteiger partial charge >= 0.3 is 6.18 Å². The second-order valence-corrected chi connectivity index (χ2v) is 8.91. The molecule has 35 heavy (non-hydrogen) atoms. The summed E-state index contributed by atoms with van der Waals surface area (Å²) >= 11 is 0. The lowest BCUT2D eigenvalue weighted by Crippen LogP contribution is -2.23. The van der Waals surface area contributed by atoms with Crippen LogP contribution in [-0.4, -0.2) is 30.9 Å². The van der Waals surface area contributed by atoms with Crippen LogP contribution >= 0.6 is 0 Å². The summed E-state index contributed by atoms with van der Waals surface area (Å²) in [5.74, 6) is 0.440. The fourth-order valence-corrected chi connectivity index (χ4v) is 4.55. The molecule has 1 aliphatic heterocycles. The zero-order valence-electron chi connectivity index (χ0n) is 19.4. The Morgan fingerprint density at radius 1 is 1.17 bits per heavy atom. The number of fused-ring (bicyclic) bond motifs is 1. The second kappa shape index (κ2) is 8.37. The number of aryl methyl sites for hydroxylation is 2. The molecule has 1 aliphatic rings. The molecule has 5 rings (SSSR count). The van der Waals surface area contributed by atoms with E-state index in [9.17, 15) is 18.0 Å². The van der Waals surface area contributed by atoms with Gasteiger partial charge in [0.1, 0.15) is 12.2 Å². The van der Waals surface area contributed by atoms with Crippen molar-refractivity contribution in [1.29, 1.82) is 0 Å². The van der Waals surface area contributed by atoms with E-state index in [1.165, 1.54) is 17.2 Å². The zero-order chi connectivity index (χ0) is 24.9. The van der Waals surface area contributed by atoms with Crippen LogP contribution in [0.15, 0.2) is 48.9 Å². The standard InChI is InChI=1S/C25H23F3N6O/c1-14(7-23-32-30-13-33(23)3)16-5-4-6-18(8-16)34-12-21-19(24(34)35)9-17(10-22(21)25(26,27)28)20-11-29-31-15(20)2/h4-6,8-11,13-14H,7,12H2,1-3H3,(H,29,31)/t14-/m1/s1. The Morgan fingerprint density at radius 2 is 1.97 bits per heavy atom. The minimum atomic E-state index is -4.60. The number of carbonyl (C=O) groups is 1. The van der Waals surface area contributed by atoms with Gasteiger partial charge in [0, 0.05) is 36.0 Å². The molecule has 0 bridgehead atoms. The van der Waals surface area contributed by atoms with Crippen molar-refractivity contribution in [2.24, 2.45) is 7.05 Å². The highest BCUT2D eigenvalue weighted by molar-refractivity contribution is 6.11. The summed E-state index contributed by atoms with van der Waals surface area (Å²) in [5, 5.41) is 14.7. The maximum absolute atomic E-state index is 14.0. The van der Waals surface area contributed by atoms with Crippen LogP contribution in [0.1, 0.15) is 51.4 Å². The summed E-state index contributed by atoms with van der Waals surface area (Å²) in [4.78, 5) is 14.8. The van der Waals surface area contributed by atoms with E-state index in [-0.39, 0.29) is 23.6 Å². The van der Waals surface area contributed by atoms with E-state index in [2.05, 4.69) is 20.4 Å². The molecule has 0 saturated carbocycles. The molecule has 4 aromatic rings. The number of benzene rings is 2. The Hall–Kier alpha value is -3.95. The Balaban J connectivity index is 1.50. The van der Waals surface area contributed by atoms with Crippen LogP contribution in [0.3, 0.4) is 0 Å². The molecule has 1 atom stereocenters. The topological polar surface area (TPSA) is 79.7 Å². The molecule has 3 heterocycles. The molecule has 180 valence electrons. The van der Waals surface area contributed by atoms with E-state index in [4.69, 9.17) is 0 Å². The molecule has 0 spiro atoms. The van der Waals surface area contributed by atoms with Crippen molar-refractivity contribution < 1.29 is 18.0 Å². The molecular weight excluding hydrogens is 457 g/mol. The average Bonchev–Trinajstić information content (AvgIpc) is 3.52. The number of nitrogens with zero attached hydrogens (tertiary/aromatic N) is 5. The van der Waals surface area contributed by atoms with Gasteiger partial charge in [0.05, 0.1) is 18.3 Å². The normalized spacial score (nSPS) is 14.5. The van der Waals surface area contributed by atoms with Crippen molar-refractivity contribution in [2.45, 2.75) is 38.9 Å².